The summed E-state index contributed by atoms with van der Waals surface area (Å²) in [4.78, 5) is 45.1. The molecule has 0 aliphatic carbocycles. The van der Waals surface area contributed by atoms with E-state index < -0.39 is 17.7 Å². The third kappa shape index (κ3) is 6.74. The fraction of sp³-hybridized carbons (Fsp3) is 0.267. The average Bonchev–Trinajstić information content (AvgIpc) is 3.21. The maximum Gasteiger partial charge on any atom is 0.303 e. The first-order valence-electron chi connectivity index (χ1n) is 12.7. The van der Waals surface area contributed by atoms with E-state index in [4.69, 9.17) is 10.1 Å². The van der Waals surface area contributed by atoms with Crippen LogP contribution in [0.4, 0.5) is 21.5 Å². The lowest BCUT2D eigenvalue weighted by atomic mass is 9.89. The number of nitrogens with one attached hydrogen (secondary N) is 1. The SMILES string of the molecule is CC(=O)N(CCN(C)C)c1ccc(N=C(c2cccc(CCC(=O)O)c2)C2C(=O)Nc3cc(F)ccc32)cc1. The summed E-state index contributed by atoms with van der Waals surface area (Å²) in [6, 6.07) is 18.7. The lowest BCUT2D eigenvalue weighted by molar-refractivity contribution is -0.137. The second kappa shape index (κ2) is 12.0. The Hall–Kier alpha value is -4.37. The van der Waals surface area contributed by atoms with E-state index in [2.05, 4.69) is 5.32 Å². The third-order valence-corrected chi connectivity index (χ3v) is 6.53. The molecule has 0 radical (unpaired) electrons. The van der Waals surface area contributed by atoms with E-state index in [0.29, 0.717) is 47.7 Å². The summed E-state index contributed by atoms with van der Waals surface area (Å²) >= 11 is 0. The van der Waals surface area contributed by atoms with Crippen LogP contribution >= 0.6 is 0 Å². The molecule has 4 rings (SSSR count). The molecule has 1 atom stereocenters. The normalized spacial score (nSPS) is 14.7. The van der Waals surface area contributed by atoms with Crippen LogP contribution in [0.1, 0.15) is 36.0 Å². The minimum Gasteiger partial charge on any atom is -0.481 e. The summed E-state index contributed by atoms with van der Waals surface area (Å²) < 4.78 is 13.9. The molecule has 3 aromatic rings. The van der Waals surface area contributed by atoms with Crippen LogP contribution in [0.15, 0.2) is 71.7 Å². The van der Waals surface area contributed by atoms with Crippen molar-refractivity contribution in [1.82, 2.24) is 4.90 Å². The molecule has 1 unspecified atom stereocenters. The molecule has 9 heteroatoms. The summed E-state index contributed by atoms with van der Waals surface area (Å²) in [5.74, 6) is -2.54. The van der Waals surface area contributed by atoms with Gasteiger partial charge in [-0.3, -0.25) is 19.4 Å². The van der Waals surface area contributed by atoms with E-state index >= 15 is 0 Å². The van der Waals surface area contributed by atoms with E-state index in [9.17, 15) is 18.8 Å². The minimum absolute atomic E-state index is 0.0239. The number of carboxylic acids is 1. The van der Waals surface area contributed by atoms with E-state index in [-0.39, 0.29) is 18.2 Å². The Morgan fingerprint density at radius 1 is 1.03 bits per heavy atom. The van der Waals surface area contributed by atoms with Gasteiger partial charge in [-0.1, -0.05) is 24.3 Å². The molecular formula is C30H31FN4O4. The molecule has 39 heavy (non-hydrogen) atoms. The van der Waals surface area contributed by atoms with Crippen molar-refractivity contribution >= 4 is 40.6 Å². The first kappa shape index (κ1) is 27.7. The monoisotopic (exact) mass is 530 g/mol. The number of halogens is 1. The van der Waals surface area contributed by atoms with Crippen LogP contribution in [0.25, 0.3) is 0 Å². The Morgan fingerprint density at radius 2 is 1.77 bits per heavy atom. The van der Waals surface area contributed by atoms with Crippen molar-refractivity contribution in [2.24, 2.45) is 4.99 Å². The quantitative estimate of drug-likeness (QED) is 0.373. The molecule has 8 nitrogen and oxygen atoms in total. The average molecular weight is 531 g/mol. The van der Waals surface area contributed by atoms with E-state index in [1.165, 1.54) is 19.1 Å². The summed E-state index contributed by atoms with van der Waals surface area (Å²) in [5.41, 5.74) is 4.24. The van der Waals surface area contributed by atoms with E-state index in [0.717, 1.165) is 11.3 Å². The number of carbonyl (C=O) groups excluding carboxylic acids is 2. The predicted octanol–water partition coefficient (Wildman–Crippen LogP) is 4.61. The fourth-order valence-electron chi connectivity index (χ4n) is 4.55. The number of nitrogens with zero attached hydrogens (tertiary/aromatic N) is 3. The highest BCUT2D eigenvalue weighted by molar-refractivity contribution is 6.24. The summed E-state index contributed by atoms with van der Waals surface area (Å²) in [6.07, 6.45) is 0.307. The van der Waals surface area contributed by atoms with Gasteiger partial charge in [0.25, 0.3) is 0 Å². The Labute approximate surface area is 226 Å². The topological polar surface area (TPSA) is 102 Å². The van der Waals surface area contributed by atoms with Crippen molar-refractivity contribution in [3.63, 3.8) is 0 Å². The molecule has 2 N–H and O–H groups in total. The second-order valence-corrected chi connectivity index (χ2v) is 9.74. The molecule has 202 valence electrons. The Balaban J connectivity index is 1.75. The Morgan fingerprint density at radius 3 is 2.44 bits per heavy atom. The maximum atomic E-state index is 13.9. The van der Waals surface area contributed by atoms with Gasteiger partial charge in [0.05, 0.1) is 11.4 Å². The third-order valence-electron chi connectivity index (χ3n) is 6.53. The smallest absolute Gasteiger partial charge is 0.303 e. The summed E-state index contributed by atoms with van der Waals surface area (Å²) in [5, 5.41) is 11.9. The molecule has 0 saturated heterocycles. The molecule has 2 amide bonds. The standard InChI is InChI=1S/C30H31FN4O4/c1-19(36)35(16-15-34(2)3)24-11-9-23(10-12-24)32-29(21-6-4-5-20(17-21)7-14-27(37)38)28-25-13-8-22(31)18-26(25)33-30(28)39/h4-6,8-13,17-18,28H,7,14-16H2,1-3H3,(H,33,39)(H,37,38). The van der Waals surface area contributed by atoms with Gasteiger partial charge in [0, 0.05) is 37.8 Å². The van der Waals surface area contributed by atoms with Gasteiger partial charge in [0.2, 0.25) is 11.8 Å². The van der Waals surface area contributed by atoms with Gasteiger partial charge in [-0.15, -0.1) is 0 Å². The number of carboxylic acid groups (broad SMARTS) is 1. The molecule has 0 aromatic heterocycles. The van der Waals surface area contributed by atoms with Crippen LogP contribution in [-0.2, 0) is 20.8 Å². The summed E-state index contributed by atoms with van der Waals surface area (Å²) in [7, 11) is 3.89. The lowest BCUT2D eigenvalue weighted by Gasteiger charge is -2.23. The maximum absolute atomic E-state index is 13.9. The van der Waals surface area contributed by atoms with Gasteiger partial charge < -0.3 is 20.2 Å². The van der Waals surface area contributed by atoms with Crippen LogP contribution in [0.2, 0.25) is 0 Å². The van der Waals surface area contributed by atoms with Gasteiger partial charge >= 0.3 is 5.97 Å². The highest BCUT2D eigenvalue weighted by atomic mass is 19.1. The van der Waals surface area contributed by atoms with Crippen LogP contribution in [0, 0.1) is 5.82 Å². The largest absolute Gasteiger partial charge is 0.481 e. The molecule has 1 aliphatic rings. The predicted molar refractivity (Wildman–Crippen MR) is 149 cm³/mol. The van der Waals surface area contributed by atoms with Crippen molar-refractivity contribution in [1.29, 1.82) is 0 Å². The Kier molecular flexibility index (Phi) is 8.51. The molecule has 3 aromatic carbocycles. The number of hydrogen-bond acceptors (Lipinski definition) is 5. The molecule has 1 aliphatic heterocycles. The number of likely N-dealkylation sites (N-methyl/N-ethyl adjacent to an activating group) is 1. The zero-order valence-electron chi connectivity index (χ0n) is 22.1. The highest BCUT2D eigenvalue weighted by Crippen LogP contribution is 2.37. The van der Waals surface area contributed by atoms with Gasteiger partial charge in [-0.05, 0) is 79.7 Å². The van der Waals surface area contributed by atoms with Gasteiger partial charge in [0.1, 0.15) is 11.7 Å². The molecule has 0 saturated carbocycles. The molecule has 0 spiro atoms. The molecule has 0 bridgehead atoms. The second-order valence-electron chi connectivity index (χ2n) is 9.74. The van der Waals surface area contributed by atoms with Crippen molar-refractivity contribution in [3.8, 4) is 0 Å². The number of aryl methyl sites for hydroxylation is 1. The van der Waals surface area contributed by atoms with Crippen molar-refractivity contribution < 1.29 is 23.9 Å². The zero-order valence-corrected chi connectivity index (χ0v) is 22.1. The van der Waals surface area contributed by atoms with Crippen LogP contribution in [-0.4, -0.2) is 60.7 Å². The van der Waals surface area contributed by atoms with E-state index in [1.807, 2.05) is 49.3 Å². The molecule has 1 heterocycles. The first-order chi connectivity index (χ1) is 18.6. The number of rotatable bonds is 10. The fourth-order valence-corrected chi connectivity index (χ4v) is 4.55. The number of aliphatic carboxylic acids is 1. The number of hydrogen-bond donors (Lipinski definition) is 2. The van der Waals surface area contributed by atoms with Crippen LogP contribution < -0.4 is 10.2 Å². The van der Waals surface area contributed by atoms with Crippen LogP contribution in [0.3, 0.4) is 0 Å². The number of carbonyl (C=O) groups is 3. The van der Waals surface area contributed by atoms with Crippen molar-refractivity contribution in [2.45, 2.75) is 25.7 Å². The number of anilines is 2. The number of aliphatic imine (C=N–C) groups is 1. The summed E-state index contributed by atoms with van der Waals surface area (Å²) in [6.45, 7) is 2.77. The van der Waals surface area contributed by atoms with Crippen LogP contribution in [0.5, 0.6) is 0 Å². The van der Waals surface area contributed by atoms with Gasteiger partial charge in [-0.2, -0.15) is 0 Å². The number of amides is 2. The molecule has 0 fully saturated rings. The number of benzene rings is 3. The zero-order chi connectivity index (χ0) is 28.1. The Bertz CT molecular complexity index is 1420. The first-order valence-corrected chi connectivity index (χ1v) is 12.7. The van der Waals surface area contributed by atoms with E-state index in [1.54, 1.807) is 29.2 Å². The van der Waals surface area contributed by atoms with Gasteiger partial charge in [0.15, 0.2) is 0 Å². The number of fused-ring (bicyclic) bond motifs is 1. The lowest BCUT2D eigenvalue weighted by Crippen LogP contribution is -2.35. The molecular weight excluding hydrogens is 499 g/mol. The highest BCUT2D eigenvalue weighted by Gasteiger charge is 2.35. The minimum atomic E-state index is -0.898. The van der Waals surface area contributed by atoms with Gasteiger partial charge in [-0.25, -0.2) is 4.39 Å². The van der Waals surface area contributed by atoms with Crippen molar-refractivity contribution in [3.05, 3.63) is 89.2 Å². The van der Waals surface area contributed by atoms with Crippen molar-refractivity contribution in [2.75, 3.05) is 37.4 Å².